The minimum absolute atomic E-state index is 0.275. The van der Waals surface area contributed by atoms with Gasteiger partial charge in [-0.1, -0.05) is 12.6 Å². The summed E-state index contributed by atoms with van der Waals surface area (Å²) >= 11 is 0. The fourth-order valence-electron chi connectivity index (χ4n) is 3.10. The second kappa shape index (κ2) is 15.8. The lowest BCUT2D eigenvalue weighted by molar-refractivity contribution is -0.139. The van der Waals surface area contributed by atoms with Crippen molar-refractivity contribution in [2.45, 2.75) is 39.5 Å². The second-order valence-electron chi connectivity index (χ2n) is 8.09. The van der Waals surface area contributed by atoms with Gasteiger partial charge in [-0.15, -0.1) is 0 Å². The fraction of sp³-hybridized carbons (Fsp3) is 0.345. The van der Waals surface area contributed by atoms with Gasteiger partial charge in [-0.2, -0.15) is 0 Å². The van der Waals surface area contributed by atoms with Gasteiger partial charge in [0.1, 0.15) is 5.75 Å². The van der Waals surface area contributed by atoms with Crippen LogP contribution in [0.25, 0.3) is 6.08 Å². The number of esters is 3. The Labute approximate surface area is 217 Å². The van der Waals surface area contributed by atoms with Gasteiger partial charge >= 0.3 is 17.9 Å². The molecule has 0 saturated carbocycles. The van der Waals surface area contributed by atoms with E-state index in [4.69, 9.17) is 18.9 Å². The molecule has 0 heterocycles. The van der Waals surface area contributed by atoms with E-state index in [0.29, 0.717) is 48.0 Å². The van der Waals surface area contributed by atoms with E-state index < -0.39 is 11.9 Å². The van der Waals surface area contributed by atoms with E-state index in [-0.39, 0.29) is 11.7 Å². The highest BCUT2D eigenvalue weighted by atomic mass is 16.6. The molecule has 2 aromatic carbocycles. The molecule has 8 nitrogen and oxygen atoms in total. The molecule has 0 aromatic heterocycles. The van der Waals surface area contributed by atoms with Gasteiger partial charge in [-0.25, -0.2) is 14.4 Å². The van der Waals surface area contributed by atoms with Crippen molar-refractivity contribution >= 4 is 24.0 Å². The molecular formula is C29H34O8. The predicted molar refractivity (Wildman–Crippen MR) is 140 cm³/mol. The lowest BCUT2D eigenvalue weighted by Gasteiger charge is -2.12. The summed E-state index contributed by atoms with van der Waals surface area (Å²) in [5, 5.41) is 0. The Kier molecular flexibility index (Phi) is 12.5. The lowest BCUT2D eigenvalue weighted by Crippen LogP contribution is -2.10. The summed E-state index contributed by atoms with van der Waals surface area (Å²) in [6.07, 6.45) is 6.43. The normalized spacial score (nSPS) is 10.6. The molecule has 2 rings (SSSR count). The maximum atomic E-state index is 12.7. The molecule has 0 aliphatic rings. The molecule has 0 unspecified atom stereocenters. The van der Waals surface area contributed by atoms with Gasteiger partial charge in [0, 0.05) is 11.6 Å². The van der Waals surface area contributed by atoms with Crippen molar-refractivity contribution in [2.75, 3.05) is 26.9 Å². The highest BCUT2D eigenvalue weighted by molar-refractivity contribution is 5.91. The Bertz CT molecular complexity index is 1090. The van der Waals surface area contributed by atoms with E-state index in [1.54, 1.807) is 55.5 Å². The first-order valence-electron chi connectivity index (χ1n) is 12.1. The van der Waals surface area contributed by atoms with Gasteiger partial charge in [-0.05, 0) is 87.6 Å². The van der Waals surface area contributed by atoms with Gasteiger partial charge in [0.15, 0.2) is 11.5 Å². The van der Waals surface area contributed by atoms with E-state index in [1.165, 1.54) is 13.2 Å². The molecule has 0 aliphatic carbocycles. The van der Waals surface area contributed by atoms with Crippen molar-refractivity contribution in [3.05, 3.63) is 71.8 Å². The highest BCUT2D eigenvalue weighted by Gasteiger charge is 2.13. The quantitative estimate of drug-likeness (QED) is 0.133. The molecule has 0 atom stereocenters. The van der Waals surface area contributed by atoms with Crippen molar-refractivity contribution < 1.29 is 38.1 Å². The molecule has 0 spiro atoms. The first-order chi connectivity index (χ1) is 17.8. The largest absolute Gasteiger partial charge is 0.494 e. The third kappa shape index (κ3) is 10.6. The third-order valence-electron chi connectivity index (χ3n) is 5.06. The minimum atomic E-state index is -0.530. The first-order valence-corrected chi connectivity index (χ1v) is 12.1. The van der Waals surface area contributed by atoms with E-state index in [0.717, 1.165) is 25.7 Å². The number of hydrogen-bond acceptors (Lipinski definition) is 8. The third-order valence-corrected chi connectivity index (χ3v) is 5.06. The standard InChI is InChI=1S/C29H34O8/c1-5-34-26-20-22(11-17-27(30)33-4)10-16-25(26)37-29(32)23-12-14-24(15-13-23)35-18-8-6-7-9-19-36-28(31)21(2)3/h10-17,20H,2,5-9,18-19H2,1,3-4H3/b17-11+. The summed E-state index contributed by atoms with van der Waals surface area (Å²) in [6, 6.07) is 11.7. The number of carbonyl (C=O) groups excluding carboxylic acids is 3. The molecule has 0 saturated heterocycles. The molecular weight excluding hydrogens is 476 g/mol. The van der Waals surface area contributed by atoms with Gasteiger partial charge in [0.2, 0.25) is 0 Å². The van der Waals surface area contributed by atoms with E-state index in [2.05, 4.69) is 11.3 Å². The van der Waals surface area contributed by atoms with Crippen molar-refractivity contribution in [3.63, 3.8) is 0 Å². The molecule has 0 N–H and O–H groups in total. The van der Waals surface area contributed by atoms with Crippen molar-refractivity contribution in [3.8, 4) is 17.2 Å². The second-order valence-corrected chi connectivity index (χ2v) is 8.09. The summed E-state index contributed by atoms with van der Waals surface area (Å²) in [5.41, 5.74) is 1.47. The smallest absolute Gasteiger partial charge is 0.343 e. The number of hydrogen-bond donors (Lipinski definition) is 0. The van der Waals surface area contributed by atoms with Crippen LogP contribution in [-0.4, -0.2) is 44.8 Å². The van der Waals surface area contributed by atoms with Crippen molar-refractivity contribution in [1.29, 1.82) is 0 Å². The number of rotatable bonds is 15. The molecule has 198 valence electrons. The Morgan fingerprint density at radius 3 is 2.24 bits per heavy atom. The number of ether oxygens (including phenoxy) is 5. The molecule has 0 aliphatic heterocycles. The Hall–Kier alpha value is -4.07. The van der Waals surface area contributed by atoms with Crippen LogP contribution in [0.4, 0.5) is 0 Å². The maximum Gasteiger partial charge on any atom is 0.343 e. The zero-order valence-electron chi connectivity index (χ0n) is 21.6. The van der Waals surface area contributed by atoms with E-state index in [9.17, 15) is 14.4 Å². The van der Waals surface area contributed by atoms with Gasteiger partial charge in [0.05, 0.1) is 32.5 Å². The SMILES string of the molecule is C=C(C)C(=O)OCCCCCCOc1ccc(C(=O)Oc2ccc(/C=C/C(=O)OC)cc2OCC)cc1. The Morgan fingerprint density at radius 2 is 1.59 bits per heavy atom. The summed E-state index contributed by atoms with van der Waals surface area (Å²) in [4.78, 5) is 35.3. The Morgan fingerprint density at radius 1 is 0.892 bits per heavy atom. The molecule has 0 amide bonds. The highest BCUT2D eigenvalue weighted by Crippen LogP contribution is 2.30. The number of unbranched alkanes of at least 4 members (excludes halogenated alkanes) is 3. The van der Waals surface area contributed by atoms with Crippen molar-refractivity contribution in [2.24, 2.45) is 0 Å². The van der Waals surface area contributed by atoms with Gasteiger partial charge < -0.3 is 23.7 Å². The van der Waals surface area contributed by atoms with Crippen LogP contribution in [0.2, 0.25) is 0 Å². The van der Waals surface area contributed by atoms with Crippen LogP contribution < -0.4 is 14.2 Å². The van der Waals surface area contributed by atoms with E-state index >= 15 is 0 Å². The molecule has 0 fully saturated rings. The van der Waals surface area contributed by atoms with Crippen LogP contribution in [0, 0.1) is 0 Å². The topological polar surface area (TPSA) is 97.4 Å². The zero-order valence-corrected chi connectivity index (χ0v) is 21.6. The number of carbonyl (C=O) groups is 3. The zero-order chi connectivity index (χ0) is 27.0. The van der Waals surface area contributed by atoms with Crippen LogP contribution in [-0.2, 0) is 19.1 Å². The number of benzene rings is 2. The minimum Gasteiger partial charge on any atom is -0.494 e. The van der Waals surface area contributed by atoms with Crippen LogP contribution >= 0.6 is 0 Å². The fourth-order valence-corrected chi connectivity index (χ4v) is 3.10. The predicted octanol–water partition coefficient (Wildman–Crippen LogP) is 5.55. The summed E-state index contributed by atoms with van der Waals surface area (Å²) in [7, 11) is 1.30. The summed E-state index contributed by atoms with van der Waals surface area (Å²) in [6.45, 7) is 8.31. The molecule has 0 bridgehead atoms. The van der Waals surface area contributed by atoms with Crippen LogP contribution in [0.5, 0.6) is 17.2 Å². The summed E-state index contributed by atoms with van der Waals surface area (Å²) in [5.74, 6) is -0.0390. The van der Waals surface area contributed by atoms with Gasteiger partial charge in [-0.3, -0.25) is 0 Å². The maximum absolute atomic E-state index is 12.7. The Balaban J connectivity index is 1.81. The number of methoxy groups -OCH3 is 1. The molecule has 2 aromatic rings. The summed E-state index contributed by atoms with van der Waals surface area (Å²) < 4.78 is 26.5. The molecule has 8 heteroatoms. The van der Waals surface area contributed by atoms with Crippen LogP contribution in [0.1, 0.15) is 55.5 Å². The molecule has 0 radical (unpaired) electrons. The first kappa shape index (κ1) is 29.2. The average molecular weight is 511 g/mol. The monoisotopic (exact) mass is 510 g/mol. The lowest BCUT2D eigenvalue weighted by atomic mass is 10.2. The van der Waals surface area contributed by atoms with E-state index in [1.807, 2.05) is 6.92 Å². The van der Waals surface area contributed by atoms with Crippen molar-refractivity contribution in [1.82, 2.24) is 0 Å². The van der Waals surface area contributed by atoms with Crippen LogP contribution in [0.15, 0.2) is 60.7 Å². The van der Waals surface area contributed by atoms with Crippen LogP contribution in [0.3, 0.4) is 0 Å². The van der Waals surface area contributed by atoms with Gasteiger partial charge in [0.25, 0.3) is 0 Å². The average Bonchev–Trinajstić information content (AvgIpc) is 2.90. The molecule has 37 heavy (non-hydrogen) atoms.